The van der Waals surface area contributed by atoms with Crippen LogP contribution in [0.3, 0.4) is 0 Å². The van der Waals surface area contributed by atoms with Crippen molar-refractivity contribution in [1.29, 1.82) is 0 Å². The largest absolute Gasteiger partial charge is 0.397 e. The maximum atomic E-state index is 12.0. The van der Waals surface area contributed by atoms with E-state index in [0.29, 0.717) is 29.0 Å². The highest BCUT2D eigenvalue weighted by Crippen LogP contribution is 2.22. The Morgan fingerprint density at radius 2 is 2.05 bits per heavy atom. The molecule has 19 heavy (non-hydrogen) atoms. The molecule has 0 atom stereocenters. The van der Waals surface area contributed by atoms with Crippen LogP contribution < -0.4 is 11.1 Å². The molecule has 0 aliphatic carbocycles. The van der Waals surface area contributed by atoms with E-state index in [1.165, 1.54) is 0 Å². The number of nitrogens with zero attached hydrogens (tertiary/aromatic N) is 1. The Morgan fingerprint density at radius 3 is 2.63 bits per heavy atom. The van der Waals surface area contributed by atoms with Crippen molar-refractivity contribution in [2.45, 2.75) is 32.7 Å². The second-order valence-electron chi connectivity index (χ2n) is 4.67. The number of nitrogens with one attached hydrogen (secondary N) is 1. The first-order valence-corrected chi connectivity index (χ1v) is 6.90. The third-order valence-electron chi connectivity index (χ3n) is 3.25. The summed E-state index contributed by atoms with van der Waals surface area (Å²) in [6.07, 6.45) is 2.05. The minimum absolute atomic E-state index is 0.0802. The number of hydrogen-bond donors (Lipinski definition) is 2. The molecule has 0 bridgehead atoms. The summed E-state index contributed by atoms with van der Waals surface area (Å²) >= 11 is 5.88. The van der Waals surface area contributed by atoms with Crippen LogP contribution in [0.25, 0.3) is 0 Å². The summed E-state index contributed by atoms with van der Waals surface area (Å²) in [6, 6.07) is 5.46. The smallest absolute Gasteiger partial charge is 0.238 e. The number of benzene rings is 1. The van der Waals surface area contributed by atoms with Crippen LogP contribution in [0.1, 0.15) is 26.7 Å². The topological polar surface area (TPSA) is 58.4 Å². The van der Waals surface area contributed by atoms with E-state index in [1.54, 1.807) is 18.2 Å². The molecule has 0 unspecified atom stereocenters. The van der Waals surface area contributed by atoms with E-state index in [4.69, 9.17) is 17.3 Å². The van der Waals surface area contributed by atoms with E-state index in [2.05, 4.69) is 24.1 Å². The predicted octanol–water partition coefficient (Wildman–Crippen LogP) is 2.98. The van der Waals surface area contributed by atoms with Gasteiger partial charge in [0.2, 0.25) is 5.91 Å². The number of carbonyl (C=O) groups excluding carboxylic acids is 1. The molecule has 0 heterocycles. The van der Waals surface area contributed by atoms with E-state index < -0.39 is 0 Å². The molecule has 0 radical (unpaired) electrons. The van der Waals surface area contributed by atoms with Crippen molar-refractivity contribution in [2.24, 2.45) is 0 Å². The minimum atomic E-state index is -0.0802. The summed E-state index contributed by atoms with van der Waals surface area (Å²) in [4.78, 5) is 14.0. The molecule has 4 nitrogen and oxygen atoms in total. The number of nitrogens with two attached hydrogens (primary N) is 1. The maximum absolute atomic E-state index is 12.0. The molecule has 0 fully saturated rings. The molecule has 5 heteroatoms. The van der Waals surface area contributed by atoms with Gasteiger partial charge in [-0.1, -0.05) is 25.4 Å². The van der Waals surface area contributed by atoms with Crippen LogP contribution in [0.2, 0.25) is 5.02 Å². The molecule has 0 aliphatic rings. The van der Waals surface area contributed by atoms with E-state index in [1.807, 2.05) is 7.05 Å². The zero-order valence-corrected chi connectivity index (χ0v) is 12.5. The second-order valence-corrected chi connectivity index (χ2v) is 5.10. The summed E-state index contributed by atoms with van der Waals surface area (Å²) < 4.78 is 0. The van der Waals surface area contributed by atoms with Crippen LogP contribution >= 0.6 is 11.6 Å². The minimum Gasteiger partial charge on any atom is -0.397 e. The molecule has 1 rings (SSSR count). The average molecular weight is 284 g/mol. The summed E-state index contributed by atoms with van der Waals surface area (Å²) in [5.74, 6) is -0.0802. The molecule has 3 N–H and O–H groups in total. The second kappa shape index (κ2) is 7.36. The summed E-state index contributed by atoms with van der Waals surface area (Å²) in [5, 5.41) is 3.35. The number of likely N-dealkylation sites (N-methyl/N-ethyl adjacent to an activating group) is 1. The first kappa shape index (κ1) is 15.8. The van der Waals surface area contributed by atoms with Crippen LogP contribution in [0.5, 0.6) is 0 Å². The average Bonchev–Trinajstić information content (AvgIpc) is 2.35. The molecule has 1 aromatic carbocycles. The molecule has 0 aromatic heterocycles. The lowest BCUT2D eigenvalue weighted by Crippen LogP contribution is -2.37. The van der Waals surface area contributed by atoms with Gasteiger partial charge in [-0.05, 0) is 38.1 Å². The van der Waals surface area contributed by atoms with Crippen LogP contribution in [0, 0.1) is 0 Å². The van der Waals surface area contributed by atoms with Gasteiger partial charge in [-0.3, -0.25) is 9.69 Å². The van der Waals surface area contributed by atoms with Gasteiger partial charge in [-0.15, -0.1) is 0 Å². The monoisotopic (exact) mass is 283 g/mol. The highest BCUT2D eigenvalue weighted by atomic mass is 35.5. The number of hydrogen-bond acceptors (Lipinski definition) is 3. The number of halogens is 1. The van der Waals surface area contributed by atoms with Gasteiger partial charge in [0.25, 0.3) is 0 Å². The first-order chi connectivity index (χ1) is 8.97. The fourth-order valence-corrected chi connectivity index (χ4v) is 2.27. The van der Waals surface area contributed by atoms with Crippen LogP contribution in [-0.4, -0.2) is 30.4 Å². The summed E-state index contributed by atoms with van der Waals surface area (Å²) in [6.45, 7) is 4.59. The lowest BCUT2D eigenvalue weighted by Gasteiger charge is -2.25. The fraction of sp³-hybridized carbons (Fsp3) is 0.500. The Kier molecular flexibility index (Phi) is 6.12. The summed E-state index contributed by atoms with van der Waals surface area (Å²) in [7, 11) is 1.96. The van der Waals surface area contributed by atoms with Crippen molar-refractivity contribution in [2.75, 3.05) is 24.6 Å². The highest BCUT2D eigenvalue weighted by Gasteiger charge is 2.14. The van der Waals surface area contributed by atoms with Crippen LogP contribution in [-0.2, 0) is 4.79 Å². The number of rotatable bonds is 6. The number of amides is 1. The first-order valence-electron chi connectivity index (χ1n) is 6.53. The van der Waals surface area contributed by atoms with Gasteiger partial charge >= 0.3 is 0 Å². The van der Waals surface area contributed by atoms with E-state index in [9.17, 15) is 4.79 Å². The molecule has 0 saturated heterocycles. The molecular formula is C14H22ClN3O. The van der Waals surface area contributed by atoms with Gasteiger partial charge in [0.05, 0.1) is 17.9 Å². The molecule has 0 saturated carbocycles. The Bertz CT molecular complexity index is 433. The lowest BCUT2D eigenvalue weighted by atomic mass is 10.1. The van der Waals surface area contributed by atoms with Gasteiger partial charge in [-0.25, -0.2) is 0 Å². The van der Waals surface area contributed by atoms with Gasteiger partial charge in [0, 0.05) is 11.1 Å². The van der Waals surface area contributed by atoms with E-state index in [0.717, 1.165) is 12.8 Å². The molecular weight excluding hydrogens is 262 g/mol. The van der Waals surface area contributed by atoms with E-state index >= 15 is 0 Å². The van der Waals surface area contributed by atoms with Crippen molar-refractivity contribution in [3.8, 4) is 0 Å². The standard InChI is InChI=1S/C14H22ClN3O/c1-4-11(5-2)18(3)9-14(19)17-13-8-10(15)6-7-12(13)16/h6-8,11H,4-5,9,16H2,1-3H3,(H,17,19). The van der Waals surface area contributed by atoms with Gasteiger partial charge in [-0.2, -0.15) is 0 Å². The molecule has 0 spiro atoms. The van der Waals surface area contributed by atoms with Crippen molar-refractivity contribution in [1.82, 2.24) is 4.90 Å². The SMILES string of the molecule is CCC(CC)N(C)CC(=O)Nc1cc(Cl)ccc1N. The van der Waals surface area contributed by atoms with E-state index in [-0.39, 0.29) is 5.91 Å². The predicted molar refractivity (Wildman–Crippen MR) is 81.5 cm³/mol. The Morgan fingerprint density at radius 1 is 1.42 bits per heavy atom. The van der Waals surface area contributed by atoms with Crippen LogP contribution in [0.15, 0.2) is 18.2 Å². The summed E-state index contributed by atoms with van der Waals surface area (Å²) in [5.41, 5.74) is 6.88. The normalized spacial score (nSPS) is 11.1. The third-order valence-corrected chi connectivity index (χ3v) is 3.48. The van der Waals surface area contributed by atoms with Crippen molar-refractivity contribution in [3.63, 3.8) is 0 Å². The van der Waals surface area contributed by atoms with Gasteiger partial charge < -0.3 is 11.1 Å². The lowest BCUT2D eigenvalue weighted by molar-refractivity contribution is -0.117. The van der Waals surface area contributed by atoms with Gasteiger partial charge in [0.15, 0.2) is 0 Å². The number of carbonyl (C=O) groups is 1. The highest BCUT2D eigenvalue weighted by molar-refractivity contribution is 6.31. The van der Waals surface area contributed by atoms with Crippen LogP contribution in [0.4, 0.5) is 11.4 Å². The van der Waals surface area contributed by atoms with Crippen molar-refractivity contribution >= 4 is 28.9 Å². The third kappa shape index (κ3) is 4.73. The number of nitrogen functional groups attached to an aromatic ring is 1. The Hall–Kier alpha value is -1.26. The Balaban J connectivity index is 2.62. The molecule has 1 aromatic rings. The molecule has 0 aliphatic heterocycles. The zero-order chi connectivity index (χ0) is 14.4. The molecule has 1 amide bonds. The van der Waals surface area contributed by atoms with Gasteiger partial charge in [0.1, 0.15) is 0 Å². The van der Waals surface area contributed by atoms with Crippen molar-refractivity contribution in [3.05, 3.63) is 23.2 Å². The quantitative estimate of drug-likeness (QED) is 0.789. The maximum Gasteiger partial charge on any atom is 0.238 e. The molecule has 106 valence electrons. The Labute approximate surface area is 119 Å². The fourth-order valence-electron chi connectivity index (χ4n) is 2.09. The number of anilines is 2. The zero-order valence-electron chi connectivity index (χ0n) is 11.7. The van der Waals surface area contributed by atoms with Crippen molar-refractivity contribution < 1.29 is 4.79 Å².